The highest BCUT2D eigenvalue weighted by molar-refractivity contribution is 5.86. The van der Waals surface area contributed by atoms with Gasteiger partial charge >= 0.3 is 0 Å². The van der Waals surface area contributed by atoms with E-state index in [1.54, 1.807) is 12.1 Å². The number of rotatable bonds is 9. The molecule has 2 aromatic heterocycles. The third-order valence-corrected chi connectivity index (χ3v) is 4.86. The Morgan fingerprint density at radius 1 is 1.16 bits per heavy atom. The maximum Gasteiger partial charge on any atom is 0.276 e. The van der Waals surface area contributed by atoms with Crippen molar-refractivity contribution in [1.82, 2.24) is 25.8 Å². The summed E-state index contributed by atoms with van der Waals surface area (Å²) in [4.78, 5) is 41.7. The first kappa shape index (κ1) is 21.1. The summed E-state index contributed by atoms with van der Waals surface area (Å²) < 4.78 is 5.16. The van der Waals surface area contributed by atoms with Crippen molar-refractivity contribution in [2.75, 3.05) is 13.1 Å². The largest absolute Gasteiger partial charge is 0.368 e. The molecule has 3 heterocycles. The van der Waals surface area contributed by atoms with Crippen LogP contribution in [-0.2, 0) is 16.0 Å². The van der Waals surface area contributed by atoms with Gasteiger partial charge in [-0.15, -0.1) is 10.2 Å². The molecule has 32 heavy (non-hydrogen) atoms. The zero-order valence-corrected chi connectivity index (χ0v) is 17.1. The average molecular weight is 435 g/mol. The molecule has 11 nitrogen and oxygen atoms in total. The molecule has 1 atom stereocenters. The number of carbonyl (C=O) groups is 2. The Bertz CT molecular complexity index is 1170. The van der Waals surface area contributed by atoms with Crippen LogP contribution in [-0.4, -0.2) is 40.0 Å². The molecule has 4 rings (SSSR count). The van der Waals surface area contributed by atoms with Crippen LogP contribution in [0.1, 0.15) is 18.7 Å². The van der Waals surface area contributed by atoms with E-state index in [1.165, 1.54) is 12.3 Å². The number of nitrogens with zero attached hydrogens (tertiary/aromatic N) is 4. The molecule has 0 fully saturated rings. The number of hydrogen-bond acceptors (Lipinski definition) is 8. The molecular formula is C21H21N7O4. The fraction of sp³-hybridized carbons (Fsp3) is 0.286. The predicted molar refractivity (Wildman–Crippen MR) is 113 cm³/mol. The number of amides is 2. The van der Waals surface area contributed by atoms with Gasteiger partial charge in [-0.3, -0.25) is 14.4 Å². The van der Waals surface area contributed by atoms with Crippen LogP contribution in [0.15, 0.2) is 73.6 Å². The Morgan fingerprint density at radius 3 is 2.91 bits per heavy atom. The van der Waals surface area contributed by atoms with Gasteiger partial charge < -0.3 is 20.1 Å². The molecule has 0 saturated heterocycles. The molecule has 0 bridgehead atoms. The number of fused-ring (bicyclic) bond motifs is 1. The molecule has 2 amide bonds. The number of nitrogens with one attached hydrogen (secondary N) is 3. The van der Waals surface area contributed by atoms with Crippen LogP contribution in [0.3, 0.4) is 0 Å². The minimum atomic E-state index is -0.380. The van der Waals surface area contributed by atoms with Gasteiger partial charge in [0.15, 0.2) is 5.82 Å². The van der Waals surface area contributed by atoms with Crippen molar-refractivity contribution < 1.29 is 14.1 Å². The molecule has 3 N–H and O–H groups in total. The first-order valence-electron chi connectivity index (χ1n) is 10.2. The van der Waals surface area contributed by atoms with Gasteiger partial charge in [0.1, 0.15) is 0 Å². The molecule has 1 aliphatic carbocycles. The number of carbonyl (C=O) groups excluding carboxylic acids is 2. The maximum atomic E-state index is 12.1. The quantitative estimate of drug-likeness (QED) is 0.503. The molecule has 0 radical (unpaired) electrons. The minimum absolute atomic E-state index is 0.126. The Balaban J connectivity index is 1.16. The van der Waals surface area contributed by atoms with Crippen molar-refractivity contribution in [3.63, 3.8) is 0 Å². The van der Waals surface area contributed by atoms with E-state index < -0.39 is 0 Å². The van der Waals surface area contributed by atoms with Gasteiger partial charge in [0.2, 0.25) is 23.2 Å². The highest BCUT2D eigenvalue weighted by Gasteiger charge is 2.26. The third kappa shape index (κ3) is 5.12. The maximum absolute atomic E-state index is 12.1. The molecule has 0 spiro atoms. The Labute approximate surface area is 182 Å². The summed E-state index contributed by atoms with van der Waals surface area (Å²) in [5.74, 6) is 0.498. The fourth-order valence-electron chi connectivity index (χ4n) is 3.20. The van der Waals surface area contributed by atoms with Gasteiger partial charge in [-0.05, 0) is 12.5 Å². The van der Waals surface area contributed by atoms with Gasteiger partial charge in [0.05, 0.1) is 5.92 Å². The van der Waals surface area contributed by atoms with E-state index in [2.05, 4.69) is 36.0 Å². The number of hydrogen-bond donors (Lipinski definition) is 3. The van der Waals surface area contributed by atoms with Crippen molar-refractivity contribution in [2.24, 2.45) is 16.1 Å². The number of aromatic amines is 1. The number of pyridine rings is 1. The number of allylic oxidation sites excluding steroid dienone is 3. The average Bonchev–Trinajstić information content (AvgIpc) is 3.28. The van der Waals surface area contributed by atoms with E-state index in [0.717, 1.165) is 5.57 Å². The number of aromatic nitrogens is 3. The standard InChI is InChI=1S/C21H21N7O4/c29-16(8-9-18-25-19(28-32-18)13-6-7-17(30)24-12-13)22-10-3-11-23-20-14-4-1-2-5-15(14)21(31)27-26-20/h1-2,4-7,12,15,23H,3,8-11H2,(H,22,29)(H,24,30). The topological polar surface area (TPSA) is 155 Å². The lowest BCUT2D eigenvalue weighted by Gasteiger charge is -2.20. The first-order chi connectivity index (χ1) is 15.6. The molecule has 2 aliphatic rings. The second-order valence-corrected chi connectivity index (χ2v) is 7.15. The van der Waals surface area contributed by atoms with E-state index >= 15 is 0 Å². The van der Waals surface area contributed by atoms with Gasteiger partial charge in [0.25, 0.3) is 5.91 Å². The molecule has 164 valence electrons. The predicted octanol–water partition coefficient (Wildman–Crippen LogP) is 1.40. The minimum Gasteiger partial charge on any atom is -0.368 e. The van der Waals surface area contributed by atoms with Crippen LogP contribution in [0.4, 0.5) is 0 Å². The zero-order valence-electron chi connectivity index (χ0n) is 17.1. The van der Waals surface area contributed by atoms with E-state index in [4.69, 9.17) is 4.52 Å². The van der Waals surface area contributed by atoms with E-state index in [9.17, 15) is 14.4 Å². The summed E-state index contributed by atoms with van der Waals surface area (Å²) in [6.07, 6.45) is 10.0. The van der Waals surface area contributed by atoms with E-state index in [0.29, 0.717) is 49.0 Å². The monoisotopic (exact) mass is 435 g/mol. The highest BCUT2D eigenvalue weighted by Crippen LogP contribution is 2.27. The second kappa shape index (κ2) is 9.77. The van der Waals surface area contributed by atoms with Crippen molar-refractivity contribution in [3.8, 4) is 11.4 Å². The fourth-order valence-corrected chi connectivity index (χ4v) is 3.20. The van der Waals surface area contributed by atoms with Crippen molar-refractivity contribution >= 4 is 11.8 Å². The Hall–Kier alpha value is -4.15. The molecule has 0 saturated carbocycles. The summed E-state index contributed by atoms with van der Waals surface area (Å²) >= 11 is 0. The smallest absolute Gasteiger partial charge is 0.276 e. The number of H-pyrrole nitrogens is 1. The molecule has 1 unspecified atom stereocenters. The lowest BCUT2D eigenvalue weighted by atomic mass is 9.93. The SMILES string of the molecule is O=C(CCc1nc(-c2ccc(=O)[nH]c2)no1)NCCCNC1=C2C=CC=CC2C(=O)N=N1. The summed E-state index contributed by atoms with van der Waals surface area (Å²) in [7, 11) is 0. The third-order valence-electron chi connectivity index (χ3n) is 4.86. The van der Waals surface area contributed by atoms with E-state index in [-0.39, 0.29) is 29.7 Å². The van der Waals surface area contributed by atoms with Gasteiger partial charge in [0, 0.05) is 49.3 Å². The van der Waals surface area contributed by atoms with Gasteiger partial charge in [-0.1, -0.05) is 29.5 Å². The molecule has 11 heteroatoms. The number of aryl methyl sites for hydroxylation is 1. The second-order valence-electron chi connectivity index (χ2n) is 7.15. The van der Waals surface area contributed by atoms with Crippen LogP contribution in [0.5, 0.6) is 0 Å². The zero-order chi connectivity index (χ0) is 22.3. The van der Waals surface area contributed by atoms with Crippen molar-refractivity contribution in [1.29, 1.82) is 0 Å². The summed E-state index contributed by atoms with van der Waals surface area (Å²) in [6, 6.07) is 2.97. The normalized spacial score (nSPS) is 16.9. The molecule has 0 aromatic carbocycles. The lowest BCUT2D eigenvalue weighted by molar-refractivity contribution is -0.121. The number of azo groups is 1. The summed E-state index contributed by atoms with van der Waals surface area (Å²) in [5, 5.41) is 17.5. The Morgan fingerprint density at radius 2 is 2.06 bits per heavy atom. The summed E-state index contributed by atoms with van der Waals surface area (Å²) in [6.45, 7) is 1.05. The molecular weight excluding hydrogens is 414 g/mol. The van der Waals surface area contributed by atoms with Crippen LogP contribution >= 0.6 is 0 Å². The van der Waals surface area contributed by atoms with Gasteiger partial charge in [-0.2, -0.15) is 4.98 Å². The summed E-state index contributed by atoms with van der Waals surface area (Å²) in [5.41, 5.74) is 1.21. The first-order valence-corrected chi connectivity index (χ1v) is 10.2. The molecule has 1 aliphatic heterocycles. The van der Waals surface area contributed by atoms with Crippen molar-refractivity contribution in [3.05, 3.63) is 70.3 Å². The Kier molecular flexibility index (Phi) is 6.44. The van der Waals surface area contributed by atoms with E-state index in [1.807, 2.05) is 18.2 Å². The van der Waals surface area contributed by atoms with Crippen LogP contribution in [0, 0.1) is 5.92 Å². The lowest BCUT2D eigenvalue weighted by Crippen LogP contribution is -2.28. The van der Waals surface area contributed by atoms with Crippen LogP contribution in [0.25, 0.3) is 11.4 Å². The van der Waals surface area contributed by atoms with Crippen LogP contribution < -0.4 is 16.2 Å². The molecule has 2 aromatic rings. The highest BCUT2D eigenvalue weighted by atomic mass is 16.5. The van der Waals surface area contributed by atoms with Crippen LogP contribution in [0.2, 0.25) is 0 Å². The van der Waals surface area contributed by atoms with Crippen molar-refractivity contribution in [2.45, 2.75) is 19.3 Å². The van der Waals surface area contributed by atoms with Gasteiger partial charge in [-0.25, -0.2) is 0 Å².